The summed E-state index contributed by atoms with van der Waals surface area (Å²) < 4.78 is 0. The summed E-state index contributed by atoms with van der Waals surface area (Å²) in [5, 5.41) is 7.05. The van der Waals surface area contributed by atoms with Crippen LogP contribution in [-0.2, 0) is 6.42 Å². The molecule has 2 nitrogen and oxygen atoms in total. The van der Waals surface area contributed by atoms with Crippen molar-refractivity contribution in [2.75, 3.05) is 13.6 Å². The van der Waals surface area contributed by atoms with Crippen molar-refractivity contribution in [1.29, 1.82) is 0 Å². The Balaban J connectivity index is 1.62. The molecule has 3 rings (SSSR count). The van der Waals surface area contributed by atoms with Gasteiger partial charge < -0.3 is 5.32 Å². The Labute approximate surface area is 114 Å². The zero-order chi connectivity index (χ0) is 12.4. The number of hydrogen-bond donors (Lipinski definition) is 1. The van der Waals surface area contributed by atoms with Gasteiger partial charge >= 0.3 is 0 Å². The van der Waals surface area contributed by atoms with E-state index < -0.39 is 0 Å². The highest BCUT2D eigenvalue weighted by Crippen LogP contribution is 2.48. The smallest absolute Gasteiger partial charge is 0.0934 e. The first-order valence-electron chi connectivity index (χ1n) is 7.40. The molecule has 100 valence electrons. The largest absolute Gasteiger partial charge is 0.319 e. The second kappa shape index (κ2) is 5.30. The molecule has 0 saturated heterocycles. The SMILES string of the molecule is CNCC1(Cc2nc(C3CCCCC3)cs2)CC1. The van der Waals surface area contributed by atoms with Crippen LogP contribution in [0.4, 0.5) is 0 Å². The van der Waals surface area contributed by atoms with Gasteiger partial charge in [-0.25, -0.2) is 4.98 Å². The van der Waals surface area contributed by atoms with Crippen molar-refractivity contribution < 1.29 is 0 Å². The van der Waals surface area contributed by atoms with Gasteiger partial charge in [0.2, 0.25) is 0 Å². The zero-order valence-electron chi connectivity index (χ0n) is 11.4. The lowest BCUT2D eigenvalue weighted by Crippen LogP contribution is -2.21. The highest BCUT2D eigenvalue weighted by atomic mass is 32.1. The van der Waals surface area contributed by atoms with E-state index in [1.165, 1.54) is 62.1 Å². The second-order valence-corrected chi connectivity index (χ2v) is 7.15. The van der Waals surface area contributed by atoms with Crippen LogP contribution in [0.3, 0.4) is 0 Å². The van der Waals surface area contributed by atoms with Crippen molar-refractivity contribution in [3.8, 4) is 0 Å². The molecular weight excluding hydrogens is 240 g/mol. The molecule has 2 aliphatic rings. The average Bonchev–Trinajstić information content (AvgIpc) is 2.99. The van der Waals surface area contributed by atoms with E-state index in [2.05, 4.69) is 17.7 Å². The van der Waals surface area contributed by atoms with Gasteiger partial charge in [-0.1, -0.05) is 19.3 Å². The van der Waals surface area contributed by atoms with Gasteiger partial charge in [0.05, 0.1) is 10.7 Å². The van der Waals surface area contributed by atoms with Crippen LogP contribution in [0.1, 0.15) is 61.6 Å². The van der Waals surface area contributed by atoms with Gasteiger partial charge in [0.25, 0.3) is 0 Å². The van der Waals surface area contributed by atoms with E-state index >= 15 is 0 Å². The van der Waals surface area contributed by atoms with E-state index in [0.717, 1.165) is 12.5 Å². The van der Waals surface area contributed by atoms with Gasteiger partial charge in [-0.15, -0.1) is 11.3 Å². The third kappa shape index (κ3) is 2.77. The molecule has 1 aromatic rings. The molecule has 2 aliphatic carbocycles. The van der Waals surface area contributed by atoms with Crippen molar-refractivity contribution in [3.63, 3.8) is 0 Å². The van der Waals surface area contributed by atoms with Crippen molar-refractivity contribution in [2.24, 2.45) is 5.41 Å². The summed E-state index contributed by atoms with van der Waals surface area (Å²) in [7, 11) is 2.06. The summed E-state index contributed by atoms with van der Waals surface area (Å²) in [5.41, 5.74) is 1.95. The molecule has 1 N–H and O–H groups in total. The zero-order valence-corrected chi connectivity index (χ0v) is 12.2. The third-order valence-corrected chi connectivity index (χ3v) is 5.50. The molecule has 0 unspecified atom stereocenters. The first kappa shape index (κ1) is 12.6. The number of nitrogens with zero attached hydrogens (tertiary/aromatic N) is 1. The van der Waals surface area contributed by atoms with Crippen molar-refractivity contribution >= 4 is 11.3 Å². The number of thiazole rings is 1. The van der Waals surface area contributed by atoms with Gasteiger partial charge in [-0.2, -0.15) is 0 Å². The molecule has 0 bridgehead atoms. The summed E-state index contributed by atoms with van der Waals surface area (Å²) in [6.45, 7) is 1.16. The molecule has 2 fully saturated rings. The lowest BCUT2D eigenvalue weighted by Gasteiger charge is -2.19. The predicted molar refractivity (Wildman–Crippen MR) is 77.2 cm³/mol. The molecule has 0 aromatic carbocycles. The number of nitrogens with one attached hydrogen (secondary N) is 1. The maximum Gasteiger partial charge on any atom is 0.0934 e. The minimum atomic E-state index is 0.552. The normalized spacial score (nSPS) is 23.2. The van der Waals surface area contributed by atoms with Crippen molar-refractivity contribution in [2.45, 2.75) is 57.3 Å². The standard InChI is InChI=1S/C15H24N2S/c1-16-11-15(7-8-15)9-14-17-13(10-18-14)12-5-3-2-4-6-12/h10,12,16H,2-9,11H2,1H3. The molecule has 3 heteroatoms. The number of rotatable bonds is 5. The van der Waals surface area contributed by atoms with Gasteiger partial charge in [-0.3, -0.25) is 0 Å². The van der Waals surface area contributed by atoms with Gasteiger partial charge in [0.15, 0.2) is 0 Å². The summed E-state index contributed by atoms with van der Waals surface area (Å²) in [6, 6.07) is 0. The summed E-state index contributed by atoms with van der Waals surface area (Å²) in [4.78, 5) is 4.93. The number of hydrogen-bond acceptors (Lipinski definition) is 3. The monoisotopic (exact) mass is 264 g/mol. The highest BCUT2D eigenvalue weighted by molar-refractivity contribution is 7.09. The Morgan fingerprint density at radius 2 is 2.11 bits per heavy atom. The fourth-order valence-electron chi connectivity index (χ4n) is 3.28. The second-order valence-electron chi connectivity index (χ2n) is 6.21. The Morgan fingerprint density at radius 3 is 2.78 bits per heavy atom. The molecule has 18 heavy (non-hydrogen) atoms. The van der Waals surface area contributed by atoms with E-state index in [-0.39, 0.29) is 0 Å². The van der Waals surface area contributed by atoms with Gasteiger partial charge in [0, 0.05) is 24.3 Å². The van der Waals surface area contributed by atoms with Crippen LogP contribution in [0.25, 0.3) is 0 Å². The van der Waals surface area contributed by atoms with E-state index in [9.17, 15) is 0 Å². The van der Waals surface area contributed by atoms with Crippen LogP contribution in [-0.4, -0.2) is 18.6 Å². The van der Waals surface area contributed by atoms with Crippen LogP contribution in [0, 0.1) is 5.41 Å². The highest BCUT2D eigenvalue weighted by Gasteiger charge is 2.42. The van der Waals surface area contributed by atoms with Crippen LogP contribution in [0.5, 0.6) is 0 Å². The van der Waals surface area contributed by atoms with Crippen molar-refractivity contribution in [3.05, 3.63) is 16.1 Å². The maximum absolute atomic E-state index is 4.93. The number of aromatic nitrogens is 1. The molecule has 2 saturated carbocycles. The molecule has 0 radical (unpaired) electrons. The summed E-state index contributed by atoms with van der Waals surface area (Å²) >= 11 is 1.90. The molecule has 0 amide bonds. The van der Waals surface area contributed by atoms with E-state index in [1.54, 1.807) is 0 Å². The fourth-order valence-corrected chi connectivity index (χ4v) is 4.33. The minimum absolute atomic E-state index is 0.552. The van der Waals surface area contributed by atoms with Crippen LogP contribution in [0.2, 0.25) is 0 Å². The molecule has 0 spiro atoms. The summed E-state index contributed by atoms with van der Waals surface area (Å²) in [5.74, 6) is 0.767. The molecular formula is C15H24N2S. The van der Waals surface area contributed by atoms with E-state index in [1.807, 2.05) is 11.3 Å². The quantitative estimate of drug-likeness (QED) is 0.876. The van der Waals surface area contributed by atoms with Crippen LogP contribution in [0.15, 0.2) is 5.38 Å². The predicted octanol–water partition coefficient (Wildman–Crippen LogP) is 3.73. The first-order valence-corrected chi connectivity index (χ1v) is 8.28. The summed E-state index contributed by atoms with van der Waals surface area (Å²) in [6.07, 6.45) is 10.9. The Hall–Kier alpha value is -0.410. The van der Waals surface area contributed by atoms with Crippen LogP contribution >= 0.6 is 11.3 Å². The molecule has 1 heterocycles. The van der Waals surface area contributed by atoms with Gasteiger partial charge in [-0.05, 0) is 38.1 Å². The fraction of sp³-hybridized carbons (Fsp3) is 0.800. The van der Waals surface area contributed by atoms with Gasteiger partial charge in [0.1, 0.15) is 0 Å². The molecule has 1 aromatic heterocycles. The lowest BCUT2D eigenvalue weighted by molar-refractivity contribution is 0.435. The lowest BCUT2D eigenvalue weighted by atomic mass is 9.87. The minimum Gasteiger partial charge on any atom is -0.319 e. The topological polar surface area (TPSA) is 24.9 Å². The third-order valence-electron chi connectivity index (χ3n) is 4.63. The van der Waals surface area contributed by atoms with Crippen LogP contribution < -0.4 is 5.32 Å². The first-order chi connectivity index (χ1) is 8.81. The van der Waals surface area contributed by atoms with E-state index in [0.29, 0.717) is 5.41 Å². The van der Waals surface area contributed by atoms with Crippen molar-refractivity contribution in [1.82, 2.24) is 10.3 Å². The molecule has 0 atom stereocenters. The Kier molecular flexibility index (Phi) is 3.71. The Bertz CT molecular complexity index is 389. The Morgan fingerprint density at radius 1 is 1.33 bits per heavy atom. The average molecular weight is 264 g/mol. The maximum atomic E-state index is 4.93. The van der Waals surface area contributed by atoms with E-state index in [4.69, 9.17) is 4.98 Å². The molecule has 0 aliphatic heterocycles.